The van der Waals surface area contributed by atoms with Crippen LogP contribution in [0.25, 0.3) is 0 Å². The van der Waals surface area contributed by atoms with Crippen LogP contribution >= 0.6 is 0 Å². The molecule has 0 bridgehead atoms. The molecule has 7 nitrogen and oxygen atoms in total. The minimum atomic E-state index is -0.358. The standard InChI is InChI=1S/C28H31N3O4/c1-17-12-21(35-5)14-24-26(17)28(16-27(2,3)30-24)15-25(18-6-8-19(9-7-18)31(32)33)29-23-11-10-20(34-4)13-22(23)28/h6-14,25,29-30H,15-16H2,1-5H3/t25-,28+/m1/s1. The van der Waals surface area contributed by atoms with Crippen molar-refractivity contribution < 1.29 is 14.4 Å². The van der Waals surface area contributed by atoms with Crippen molar-refractivity contribution in [1.82, 2.24) is 0 Å². The fourth-order valence-corrected chi connectivity index (χ4v) is 6.16. The highest BCUT2D eigenvalue weighted by molar-refractivity contribution is 5.73. The second kappa shape index (κ2) is 8.18. The first-order valence-electron chi connectivity index (χ1n) is 11.8. The van der Waals surface area contributed by atoms with Crippen molar-refractivity contribution in [2.45, 2.75) is 50.6 Å². The summed E-state index contributed by atoms with van der Waals surface area (Å²) in [4.78, 5) is 10.9. The van der Waals surface area contributed by atoms with E-state index in [1.807, 2.05) is 18.2 Å². The predicted octanol–water partition coefficient (Wildman–Crippen LogP) is 6.36. The zero-order valence-electron chi connectivity index (χ0n) is 20.8. The molecule has 0 saturated carbocycles. The Morgan fingerprint density at radius 3 is 2.34 bits per heavy atom. The van der Waals surface area contributed by atoms with Crippen molar-refractivity contribution in [2.24, 2.45) is 0 Å². The Labute approximate surface area is 205 Å². The third-order valence-corrected chi connectivity index (χ3v) is 7.37. The maximum absolute atomic E-state index is 11.2. The number of nitrogens with one attached hydrogen (secondary N) is 2. The molecule has 3 aromatic rings. The summed E-state index contributed by atoms with van der Waals surface area (Å²) in [5.41, 5.74) is 6.42. The van der Waals surface area contributed by atoms with E-state index in [0.717, 1.165) is 41.3 Å². The molecule has 2 atom stereocenters. The van der Waals surface area contributed by atoms with Crippen molar-refractivity contribution in [2.75, 3.05) is 24.9 Å². The molecule has 0 radical (unpaired) electrons. The monoisotopic (exact) mass is 473 g/mol. The van der Waals surface area contributed by atoms with Gasteiger partial charge in [0.2, 0.25) is 0 Å². The normalized spacial score (nSPS) is 21.8. The molecule has 0 amide bonds. The van der Waals surface area contributed by atoms with E-state index in [1.165, 1.54) is 16.7 Å². The Kier molecular flexibility index (Phi) is 5.38. The van der Waals surface area contributed by atoms with Gasteiger partial charge in [0.25, 0.3) is 5.69 Å². The Balaban J connectivity index is 1.74. The molecule has 0 aliphatic carbocycles. The summed E-state index contributed by atoms with van der Waals surface area (Å²) in [6.07, 6.45) is 1.68. The van der Waals surface area contributed by atoms with E-state index in [2.05, 4.69) is 55.7 Å². The topological polar surface area (TPSA) is 85.7 Å². The summed E-state index contributed by atoms with van der Waals surface area (Å²) in [5, 5.41) is 18.7. The largest absolute Gasteiger partial charge is 0.497 e. The molecule has 35 heavy (non-hydrogen) atoms. The highest BCUT2D eigenvalue weighted by Gasteiger charge is 2.50. The summed E-state index contributed by atoms with van der Waals surface area (Å²) in [7, 11) is 3.39. The van der Waals surface area contributed by atoms with Gasteiger partial charge in [-0.2, -0.15) is 0 Å². The van der Waals surface area contributed by atoms with Crippen LogP contribution in [-0.2, 0) is 5.41 Å². The number of hydrogen-bond acceptors (Lipinski definition) is 6. The van der Waals surface area contributed by atoms with Crippen molar-refractivity contribution in [3.63, 3.8) is 0 Å². The molecule has 0 fully saturated rings. The highest BCUT2D eigenvalue weighted by atomic mass is 16.6. The van der Waals surface area contributed by atoms with E-state index in [0.29, 0.717) is 0 Å². The fraction of sp³-hybridized carbons (Fsp3) is 0.357. The second-order valence-electron chi connectivity index (χ2n) is 10.3. The first-order valence-corrected chi connectivity index (χ1v) is 11.8. The number of benzene rings is 3. The zero-order chi connectivity index (χ0) is 25.0. The van der Waals surface area contributed by atoms with E-state index in [9.17, 15) is 10.1 Å². The minimum absolute atomic E-state index is 0.0139. The maximum atomic E-state index is 11.2. The van der Waals surface area contributed by atoms with Crippen LogP contribution in [0.2, 0.25) is 0 Å². The summed E-state index contributed by atoms with van der Waals surface area (Å²) >= 11 is 0. The minimum Gasteiger partial charge on any atom is -0.497 e. The van der Waals surface area contributed by atoms with Crippen molar-refractivity contribution in [3.8, 4) is 11.5 Å². The van der Waals surface area contributed by atoms with Crippen LogP contribution < -0.4 is 20.1 Å². The third-order valence-electron chi connectivity index (χ3n) is 7.37. The lowest BCUT2D eigenvalue weighted by Gasteiger charge is -2.52. The summed E-state index contributed by atoms with van der Waals surface area (Å²) in [6.45, 7) is 6.61. The van der Waals surface area contributed by atoms with Gasteiger partial charge < -0.3 is 20.1 Å². The summed E-state index contributed by atoms with van der Waals surface area (Å²) < 4.78 is 11.2. The molecule has 0 saturated heterocycles. The smallest absolute Gasteiger partial charge is 0.269 e. The molecule has 2 N–H and O–H groups in total. The Bertz CT molecular complexity index is 1300. The Morgan fingerprint density at radius 2 is 1.69 bits per heavy atom. The summed E-state index contributed by atoms with van der Waals surface area (Å²) in [5.74, 6) is 1.65. The van der Waals surface area contributed by atoms with E-state index in [1.54, 1.807) is 26.4 Å². The number of methoxy groups -OCH3 is 2. The van der Waals surface area contributed by atoms with Crippen LogP contribution in [0.3, 0.4) is 0 Å². The van der Waals surface area contributed by atoms with Crippen molar-refractivity contribution in [3.05, 3.63) is 87.0 Å². The number of hydrogen-bond donors (Lipinski definition) is 2. The molecular formula is C28H31N3O4. The fourth-order valence-electron chi connectivity index (χ4n) is 6.16. The van der Waals surface area contributed by atoms with Gasteiger partial charge in [-0.05, 0) is 80.1 Å². The van der Waals surface area contributed by atoms with Gasteiger partial charge in [-0.25, -0.2) is 0 Å². The first kappa shape index (κ1) is 23.0. The van der Waals surface area contributed by atoms with Gasteiger partial charge in [0, 0.05) is 40.5 Å². The number of nitro groups is 1. The van der Waals surface area contributed by atoms with Gasteiger partial charge in [0.1, 0.15) is 11.5 Å². The molecular weight excluding hydrogens is 442 g/mol. The molecule has 0 unspecified atom stereocenters. The molecule has 2 heterocycles. The van der Waals surface area contributed by atoms with Gasteiger partial charge in [-0.1, -0.05) is 12.1 Å². The molecule has 182 valence electrons. The van der Waals surface area contributed by atoms with E-state index >= 15 is 0 Å². The summed E-state index contributed by atoms with van der Waals surface area (Å²) in [6, 6.07) is 17.3. The van der Waals surface area contributed by atoms with Crippen molar-refractivity contribution >= 4 is 17.1 Å². The number of aryl methyl sites for hydroxylation is 1. The Morgan fingerprint density at radius 1 is 0.971 bits per heavy atom. The molecule has 2 aliphatic heterocycles. The average Bonchev–Trinajstić information content (AvgIpc) is 2.82. The van der Waals surface area contributed by atoms with Gasteiger partial charge in [-0.3, -0.25) is 10.1 Å². The maximum Gasteiger partial charge on any atom is 0.269 e. The van der Waals surface area contributed by atoms with E-state index in [4.69, 9.17) is 9.47 Å². The molecule has 2 aliphatic rings. The molecule has 1 spiro atoms. The molecule has 5 rings (SSSR count). The first-order chi connectivity index (χ1) is 16.7. The third kappa shape index (κ3) is 3.85. The zero-order valence-corrected chi connectivity index (χ0v) is 20.8. The number of rotatable bonds is 4. The predicted molar refractivity (Wildman–Crippen MR) is 138 cm³/mol. The van der Waals surface area contributed by atoms with E-state index in [-0.39, 0.29) is 27.6 Å². The number of nitro benzene ring substituents is 1. The lowest BCUT2D eigenvalue weighted by Crippen LogP contribution is -2.49. The van der Waals surface area contributed by atoms with Crippen LogP contribution in [0.15, 0.2) is 54.6 Å². The SMILES string of the molecule is COc1cc(C)c2c(c1)NC(C)(C)C[C@]21C[C@H](c2ccc([N+](=O)[O-])cc2)Nc2ccc(OC)cc21. The van der Waals surface area contributed by atoms with Crippen LogP contribution in [0.5, 0.6) is 11.5 Å². The van der Waals surface area contributed by atoms with Gasteiger partial charge in [0.05, 0.1) is 25.2 Å². The van der Waals surface area contributed by atoms with E-state index < -0.39 is 0 Å². The number of fused-ring (bicyclic) bond motifs is 4. The van der Waals surface area contributed by atoms with Crippen molar-refractivity contribution in [1.29, 1.82) is 0 Å². The number of ether oxygens (including phenoxy) is 2. The molecule has 3 aromatic carbocycles. The van der Waals surface area contributed by atoms with Gasteiger partial charge >= 0.3 is 0 Å². The Hall–Kier alpha value is -3.74. The quantitative estimate of drug-likeness (QED) is 0.339. The second-order valence-corrected chi connectivity index (χ2v) is 10.3. The van der Waals surface area contributed by atoms with Crippen LogP contribution in [0.1, 0.15) is 55.0 Å². The highest BCUT2D eigenvalue weighted by Crippen LogP contribution is 2.58. The number of anilines is 2. The lowest BCUT2D eigenvalue weighted by molar-refractivity contribution is -0.384. The number of nitrogens with zero attached hydrogens (tertiary/aromatic N) is 1. The van der Waals surface area contributed by atoms with Gasteiger partial charge in [-0.15, -0.1) is 0 Å². The molecule has 0 aromatic heterocycles. The lowest BCUT2D eigenvalue weighted by atomic mass is 9.59. The van der Waals surface area contributed by atoms with Crippen LogP contribution in [0, 0.1) is 17.0 Å². The van der Waals surface area contributed by atoms with Crippen LogP contribution in [0.4, 0.5) is 17.1 Å². The average molecular weight is 474 g/mol. The van der Waals surface area contributed by atoms with Crippen LogP contribution in [-0.4, -0.2) is 24.7 Å². The van der Waals surface area contributed by atoms with Gasteiger partial charge in [0.15, 0.2) is 0 Å². The number of non-ortho nitro benzene ring substituents is 1. The molecule has 7 heteroatoms.